The van der Waals surface area contributed by atoms with Crippen LogP contribution in [0.1, 0.15) is 0 Å². The molecule has 0 radical (unpaired) electrons. The van der Waals surface area contributed by atoms with E-state index in [1.54, 1.807) is 0 Å². The standard InChI is InChI=1S/C58H34N2/c1-3-13-44-35(10-1)23-27-54-57(44)58-45-14-4-2-11-36(45)24-28-55(58)60(54)43-26-29-53-50(34-43)48-17-7-8-19-52(48)59(53)42-25-22-37-30-38(20-21-39(37)32-42)41-31-40-12-9-18-49-46-15-5-6-16-47(46)51(33-41)56(40)49/h1-34H. The van der Waals surface area contributed by atoms with Gasteiger partial charge in [-0.15, -0.1) is 0 Å². The molecule has 2 aromatic heterocycles. The van der Waals surface area contributed by atoms with Crippen molar-refractivity contribution < 1.29 is 0 Å². The highest BCUT2D eigenvalue weighted by Gasteiger charge is 2.23. The highest BCUT2D eigenvalue weighted by Crippen LogP contribution is 2.49. The molecule has 0 unspecified atom stereocenters. The Hall–Kier alpha value is -7.94. The zero-order valence-electron chi connectivity index (χ0n) is 32.5. The Labute approximate surface area is 345 Å². The number of hydrogen-bond acceptors (Lipinski definition) is 0. The minimum absolute atomic E-state index is 1.16. The fourth-order valence-corrected chi connectivity index (χ4v) is 10.7. The van der Waals surface area contributed by atoms with Crippen molar-refractivity contribution in [2.45, 2.75) is 0 Å². The zero-order valence-corrected chi connectivity index (χ0v) is 32.5. The molecule has 0 saturated carbocycles. The summed E-state index contributed by atoms with van der Waals surface area (Å²) in [7, 11) is 0. The molecule has 0 bridgehead atoms. The molecule has 0 saturated heterocycles. The Balaban J connectivity index is 0.928. The van der Waals surface area contributed by atoms with Crippen LogP contribution in [0.2, 0.25) is 0 Å². The summed E-state index contributed by atoms with van der Waals surface area (Å²) in [5.41, 5.74) is 15.0. The third kappa shape index (κ3) is 4.32. The van der Waals surface area contributed by atoms with Gasteiger partial charge < -0.3 is 9.13 Å². The van der Waals surface area contributed by atoms with Crippen molar-refractivity contribution in [3.05, 3.63) is 206 Å². The van der Waals surface area contributed by atoms with E-state index in [2.05, 4.69) is 215 Å². The van der Waals surface area contributed by atoms with Crippen molar-refractivity contribution in [2.24, 2.45) is 0 Å². The lowest BCUT2D eigenvalue weighted by molar-refractivity contribution is 1.17. The maximum Gasteiger partial charge on any atom is 0.0547 e. The van der Waals surface area contributed by atoms with Crippen LogP contribution in [0.3, 0.4) is 0 Å². The predicted molar refractivity (Wildman–Crippen MR) is 255 cm³/mol. The lowest BCUT2D eigenvalue weighted by Gasteiger charge is -2.12. The maximum absolute atomic E-state index is 2.48. The summed E-state index contributed by atoms with van der Waals surface area (Å²) in [6.45, 7) is 0. The third-order valence-electron chi connectivity index (χ3n) is 13.4. The molecule has 14 rings (SSSR count). The average Bonchev–Trinajstić information content (AvgIpc) is 3.95. The van der Waals surface area contributed by atoms with E-state index >= 15 is 0 Å². The van der Waals surface area contributed by atoms with Gasteiger partial charge in [0.25, 0.3) is 0 Å². The summed E-state index contributed by atoms with van der Waals surface area (Å²) in [4.78, 5) is 0. The molecule has 0 aliphatic heterocycles. The molecule has 11 aromatic carbocycles. The van der Waals surface area contributed by atoms with Crippen LogP contribution in [-0.4, -0.2) is 9.13 Å². The van der Waals surface area contributed by atoms with E-state index in [9.17, 15) is 0 Å². The zero-order chi connectivity index (χ0) is 39.1. The highest BCUT2D eigenvalue weighted by molar-refractivity contribution is 6.28. The van der Waals surface area contributed by atoms with Crippen LogP contribution in [0, 0.1) is 0 Å². The van der Waals surface area contributed by atoms with E-state index in [1.807, 2.05) is 0 Å². The van der Waals surface area contributed by atoms with Crippen LogP contribution in [0.5, 0.6) is 0 Å². The highest BCUT2D eigenvalue weighted by atomic mass is 15.0. The van der Waals surface area contributed by atoms with Gasteiger partial charge in [0.15, 0.2) is 0 Å². The van der Waals surface area contributed by atoms with Crippen molar-refractivity contribution >= 4 is 86.7 Å². The summed E-state index contributed by atoms with van der Waals surface area (Å²) < 4.78 is 4.91. The van der Waals surface area contributed by atoms with Crippen LogP contribution in [0.4, 0.5) is 0 Å². The van der Waals surface area contributed by atoms with Crippen molar-refractivity contribution in [3.8, 4) is 44.8 Å². The summed E-state index contributed by atoms with van der Waals surface area (Å²) in [6, 6.07) is 76.8. The van der Waals surface area contributed by atoms with Gasteiger partial charge in [0, 0.05) is 32.9 Å². The van der Waals surface area contributed by atoms with Crippen LogP contribution in [0.15, 0.2) is 206 Å². The fourth-order valence-electron chi connectivity index (χ4n) is 10.7. The van der Waals surface area contributed by atoms with Crippen LogP contribution >= 0.6 is 0 Å². The topological polar surface area (TPSA) is 9.86 Å². The van der Waals surface area contributed by atoms with E-state index in [0.717, 1.165) is 11.4 Å². The molecule has 2 heteroatoms. The normalized spacial score (nSPS) is 12.3. The molecule has 2 heterocycles. The molecule has 13 aromatic rings. The van der Waals surface area contributed by atoms with E-state index in [-0.39, 0.29) is 0 Å². The fraction of sp³-hybridized carbons (Fsp3) is 0. The second kappa shape index (κ2) is 11.8. The molecule has 60 heavy (non-hydrogen) atoms. The molecule has 0 spiro atoms. The lowest BCUT2D eigenvalue weighted by atomic mass is 9.95. The molecule has 0 atom stereocenters. The minimum Gasteiger partial charge on any atom is -0.309 e. The molecule has 0 fully saturated rings. The minimum atomic E-state index is 1.16. The first-order valence-corrected chi connectivity index (χ1v) is 20.8. The van der Waals surface area contributed by atoms with Crippen molar-refractivity contribution in [1.29, 1.82) is 0 Å². The summed E-state index contributed by atoms with van der Waals surface area (Å²) >= 11 is 0. The SMILES string of the molecule is c1ccc2c(c1)-c1cccc3cc(-c4ccc5cc(-n6c7ccccc7c7cc(-n8c9ccc%10ccccc%10c9c9c%10ccccc%10ccc98)ccc76)ccc5c4)cc-2c13. The number of benzene rings is 11. The Morgan fingerprint density at radius 1 is 0.233 bits per heavy atom. The first-order chi connectivity index (χ1) is 29.7. The number of hydrogen-bond donors (Lipinski definition) is 0. The Morgan fingerprint density at radius 3 is 1.53 bits per heavy atom. The maximum atomic E-state index is 2.48. The molecule has 1 aliphatic carbocycles. The van der Waals surface area contributed by atoms with E-state index in [0.29, 0.717) is 0 Å². The predicted octanol–water partition coefficient (Wildman–Crippen LogP) is 15.8. The summed E-state index contributed by atoms with van der Waals surface area (Å²) in [5, 5.41) is 15.3. The van der Waals surface area contributed by atoms with Crippen molar-refractivity contribution in [3.63, 3.8) is 0 Å². The van der Waals surface area contributed by atoms with Crippen LogP contribution in [-0.2, 0) is 0 Å². The van der Waals surface area contributed by atoms with Gasteiger partial charge in [-0.2, -0.15) is 0 Å². The molecular weight excluding hydrogens is 725 g/mol. The largest absolute Gasteiger partial charge is 0.309 e. The van der Waals surface area contributed by atoms with Crippen LogP contribution < -0.4 is 0 Å². The quantitative estimate of drug-likeness (QED) is 0.170. The van der Waals surface area contributed by atoms with Gasteiger partial charge in [0.1, 0.15) is 0 Å². The average molecular weight is 759 g/mol. The molecular formula is C58H34N2. The monoisotopic (exact) mass is 758 g/mol. The van der Waals surface area contributed by atoms with Crippen molar-refractivity contribution in [1.82, 2.24) is 9.13 Å². The van der Waals surface area contributed by atoms with Gasteiger partial charge in [-0.25, -0.2) is 0 Å². The lowest BCUT2D eigenvalue weighted by Crippen LogP contribution is -1.96. The number of nitrogens with zero attached hydrogens (tertiary/aromatic N) is 2. The van der Waals surface area contributed by atoms with E-state index in [1.165, 1.54) is 120 Å². The Bertz CT molecular complexity index is 3920. The van der Waals surface area contributed by atoms with Gasteiger partial charge in [-0.1, -0.05) is 140 Å². The van der Waals surface area contributed by atoms with Gasteiger partial charge in [0.05, 0.1) is 22.1 Å². The van der Waals surface area contributed by atoms with E-state index in [4.69, 9.17) is 0 Å². The molecule has 276 valence electrons. The second-order valence-corrected chi connectivity index (χ2v) is 16.5. The van der Waals surface area contributed by atoms with Crippen LogP contribution in [0.25, 0.3) is 131 Å². The first kappa shape index (κ1) is 32.1. The molecule has 0 N–H and O–H groups in total. The van der Waals surface area contributed by atoms with Gasteiger partial charge >= 0.3 is 0 Å². The summed E-state index contributed by atoms with van der Waals surface area (Å²) in [6.07, 6.45) is 0. The van der Waals surface area contributed by atoms with Gasteiger partial charge in [-0.3, -0.25) is 0 Å². The van der Waals surface area contributed by atoms with Crippen molar-refractivity contribution in [2.75, 3.05) is 0 Å². The molecule has 0 amide bonds. The van der Waals surface area contributed by atoms with E-state index < -0.39 is 0 Å². The third-order valence-corrected chi connectivity index (χ3v) is 13.4. The Kier molecular flexibility index (Phi) is 6.32. The summed E-state index contributed by atoms with van der Waals surface area (Å²) in [5.74, 6) is 0. The van der Waals surface area contributed by atoms with Gasteiger partial charge in [0.2, 0.25) is 0 Å². The number of fused-ring (bicyclic) bond motifs is 14. The first-order valence-electron chi connectivity index (χ1n) is 20.8. The molecule has 1 aliphatic rings. The van der Waals surface area contributed by atoms with Gasteiger partial charge in [-0.05, 0) is 143 Å². The Morgan fingerprint density at radius 2 is 0.750 bits per heavy atom. The second-order valence-electron chi connectivity index (χ2n) is 16.5. The molecule has 2 nitrogen and oxygen atoms in total. The number of para-hydroxylation sites is 1. The smallest absolute Gasteiger partial charge is 0.0547 e. The number of rotatable bonds is 3. The number of aromatic nitrogens is 2.